The van der Waals surface area contributed by atoms with Gasteiger partial charge in [0.25, 0.3) is 11.8 Å². The molecule has 1 unspecified atom stereocenters. The van der Waals surface area contributed by atoms with Crippen LogP contribution in [0.2, 0.25) is 5.02 Å². The zero-order chi connectivity index (χ0) is 48.8. The smallest absolute Gasteiger partial charge is 0.332 e. The minimum atomic E-state index is -0.880. The first-order valence-electron chi connectivity index (χ1n) is 22.1. The first-order chi connectivity index (χ1) is 34.1. The lowest BCUT2D eigenvalue weighted by atomic mass is 10.0. The van der Waals surface area contributed by atoms with Gasteiger partial charge < -0.3 is 39.5 Å². The van der Waals surface area contributed by atoms with E-state index >= 15 is 0 Å². The number of rotatable bonds is 22. The van der Waals surface area contributed by atoms with Gasteiger partial charge in [0.1, 0.15) is 31.6 Å². The molecule has 0 aliphatic carbocycles. The standard InChI is InChI=1S/C52H48ClN7O8S2/c1-33-48(70-52(55-33)59-49(63)36-13-7-4-8-14-36)43-32-69-51(58-43)57-42-28-38(53)19-22-44(42)67-26-25-65-23-24-66-31-46(62)68-30-34-17-20-39(21-18-34)56-50(64)47(35-11-5-3-6-12-35)60(2)45(61)27-37-29-54-41-16-10-9-15-40(37)41/h3-22,28-29,32,47,54H,23-27,30-31H2,1-2H3,(H,56,64)(H,57,58)(H,55,59,63). The van der Waals surface area contributed by atoms with Gasteiger partial charge in [-0.05, 0) is 72.1 Å². The number of aromatic amines is 1. The molecule has 5 aromatic carbocycles. The summed E-state index contributed by atoms with van der Waals surface area (Å²) in [7, 11) is 1.64. The number of carbonyl (C=O) groups is 4. The van der Waals surface area contributed by atoms with E-state index in [-0.39, 0.29) is 63.8 Å². The van der Waals surface area contributed by atoms with E-state index < -0.39 is 12.0 Å². The number of ether oxygens (including phenoxy) is 4. The third-order valence-electron chi connectivity index (χ3n) is 10.8. The van der Waals surface area contributed by atoms with Gasteiger partial charge >= 0.3 is 5.97 Å². The van der Waals surface area contributed by atoms with Crippen LogP contribution in [0.4, 0.5) is 21.6 Å². The quantitative estimate of drug-likeness (QED) is 0.0374. The van der Waals surface area contributed by atoms with Crippen molar-refractivity contribution in [2.75, 3.05) is 56.0 Å². The van der Waals surface area contributed by atoms with Gasteiger partial charge in [0.15, 0.2) is 10.3 Å². The summed E-state index contributed by atoms with van der Waals surface area (Å²) < 4.78 is 22.5. The molecule has 1 atom stereocenters. The summed E-state index contributed by atoms with van der Waals surface area (Å²) in [5, 5.41) is 13.6. The molecule has 0 saturated carbocycles. The van der Waals surface area contributed by atoms with Crippen LogP contribution in [-0.4, -0.2) is 83.6 Å². The van der Waals surface area contributed by atoms with Gasteiger partial charge in [0.05, 0.1) is 48.2 Å². The van der Waals surface area contributed by atoms with Crippen LogP contribution in [0.5, 0.6) is 5.75 Å². The van der Waals surface area contributed by atoms with E-state index in [1.807, 2.05) is 91.3 Å². The normalized spacial score (nSPS) is 11.5. The van der Waals surface area contributed by atoms with Crippen LogP contribution in [0.3, 0.4) is 0 Å². The van der Waals surface area contributed by atoms with Crippen molar-refractivity contribution in [1.29, 1.82) is 0 Å². The number of para-hydroxylation sites is 1. The second-order valence-electron chi connectivity index (χ2n) is 15.8. The second kappa shape index (κ2) is 23.7. The third kappa shape index (κ3) is 13.0. The van der Waals surface area contributed by atoms with Crippen molar-refractivity contribution in [3.8, 4) is 16.3 Å². The van der Waals surface area contributed by atoms with Crippen molar-refractivity contribution in [2.24, 2.45) is 0 Å². The Hall–Kier alpha value is -7.41. The molecule has 18 heteroatoms. The second-order valence-corrected chi connectivity index (χ2v) is 18.1. The highest BCUT2D eigenvalue weighted by atomic mass is 35.5. The molecule has 0 spiro atoms. The number of nitrogens with zero attached hydrogens (tertiary/aromatic N) is 3. The fourth-order valence-corrected chi connectivity index (χ4v) is 9.19. The van der Waals surface area contributed by atoms with Crippen LogP contribution >= 0.6 is 34.3 Å². The lowest BCUT2D eigenvalue weighted by Crippen LogP contribution is -2.39. The number of likely N-dealkylation sites (N-methyl/N-ethyl adjacent to an activating group) is 1. The number of H-pyrrole nitrogens is 1. The van der Waals surface area contributed by atoms with E-state index in [1.165, 1.54) is 27.6 Å². The van der Waals surface area contributed by atoms with Gasteiger partial charge in [-0.1, -0.05) is 102 Å². The van der Waals surface area contributed by atoms with Crippen molar-refractivity contribution < 1.29 is 38.1 Å². The Morgan fingerprint density at radius 2 is 1.53 bits per heavy atom. The molecule has 0 fully saturated rings. The number of amides is 3. The van der Waals surface area contributed by atoms with Gasteiger partial charge in [-0.3, -0.25) is 19.7 Å². The highest BCUT2D eigenvalue weighted by Crippen LogP contribution is 2.37. The van der Waals surface area contributed by atoms with E-state index in [0.717, 1.165) is 32.7 Å². The highest BCUT2D eigenvalue weighted by molar-refractivity contribution is 7.20. The molecule has 0 bridgehead atoms. The van der Waals surface area contributed by atoms with Crippen molar-refractivity contribution in [3.63, 3.8) is 0 Å². The molecule has 70 heavy (non-hydrogen) atoms. The van der Waals surface area contributed by atoms with Crippen LogP contribution in [0, 0.1) is 6.92 Å². The molecule has 3 aromatic heterocycles. The Bertz CT molecular complexity index is 3060. The maximum Gasteiger partial charge on any atom is 0.332 e. The number of aryl methyl sites for hydroxylation is 1. The Kier molecular flexibility index (Phi) is 16.6. The molecular formula is C52H48ClN7O8S2. The number of hydrogen-bond donors (Lipinski definition) is 4. The first kappa shape index (κ1) is 49.0. The summed E-state index contributed by atoms with van der Waals surface area (Å²) in [4.78, 5) is 67.2. The first-order valence-corrected chi connectivity index (χ1v) is 24.2. The summed E-state index contributed by atoms with van der Waals surface area (Å²) in [6.45, 7) is 2.51. The number of esters is 1. The Morgan fingerprint density at radius 3 is 2.33 bits per heavy atom. The summed E-state index contributed by atoms with van der Waals surface area (Å²) in [5.41, 5.74) is 6.34. The van der Waals surface area contributed by atoms with Gasteiger partial charge in [-0.25, -0.2) is 14.8 Å². The highest BCUT2D eigenvalue weighted by Gasteiger charge is 2.29. The third-order valence-corrected chi connectivity index (χ3v) is 12.9. The number of nitrogens with one attached hydrogen (secondary N) is 4. The number of carbonyl (C=O) groups excluding carboxylic acids is 4. The van der Waals surface area contributed by atoms with Gasteiger partial charge in [-0.15, -0.1) is 11.3 Å². The summed E-state index contributed by atoms with van der Waals surface area (Å²) in [5.74, 6) is -0.798. The topological polar surface area (TPSA) is 186 Å². The van der Waals surface area contributed by atoms with Crippen molar-refractivity contribution in [2.45, 2.75) is 26.0 Å². The van der Waals surface area contributed by atoms with Crippen LogP contribution in [-0.2, 0) is 41.6 Å². The van der Waals surface area contributed by atoms with Gasteiger partial charge in [0.2, 0.25) is 5.91 Å². The average molecular weight is 999 g/mol. The fraction of sp³-hybridized carbons (Fsp3) is 0.192. The number of hydrogen-bond acceptors (Lipinski definition) is 13. The summed E-state index contributed by atoms with van der Waals surface area (Å²) in [6, 6.07) is 37.2. The molecule has 0 saturated heterocycles. The number of benzene rings is 5. The molecular weight excluding hydrogens is 950 g/mol. The number of fused-ring (bicyclic) bond motifs is 1. The molecule has 15 nitrogen and oxygen atoms in total. The number of anilines is 4. The maximum atomic E-state index is 13.8. The zero-order valence-electron chi connectivity index (χ0n) is 38.1. The van der Waals surface area contributed by atoms with Crippen molar-refractivity contribution in [3.05, 3.63) is 172 Å². The van der Waals surface area contributed by atoms with E-state index in [2.05, 4.69) is 25.9 Å². The molecule has 358 valence electrons. The maximum absolute atomic E-state index is 13.8. The van der Waals surface area contributed by atoms with Crippen LogP contribution in [0.1, 0.15) is 38.8 Å². The Morgan fingerprint density at radius 1 is 0.800 bits per heavy atom. The van der Waals surface area contributed by atoms with Gasteiger partial charge in [0, 0.05) is 45.8 Å². The summed E-state index contributed by atoms with van der Waals surface area (Å²) >= 11 is 9.09. The molecule has 3 amide bonds. The minimum Gasteiger partial charge on any atom is -0.489 e. The largest absolute Gasteiger partial charge is 0.489 e. The van der Waals surface area contributed by atoms with E-state index in [0.29, 0.717) is 49.1 Å². The minimum absolute atomic E-state index is 0.0102. The lowest BCUT2D eigenvalue weighted by molar-refractivity contribution is -0.150. The number of thiazole rings is 2. The molecule has 3 heterocycles. The van der Waals surface area contributed by atoms with E-state index in [4.69, 9.17) is 35.5 Å². The zero-order valence-corrected chi connectivity index (χ0v) is 40.5. The predicted molar refractivity (Wildman–Crippen MR) is 273 cm³/mol. The van der Waals surface area contributed by atoms with Gasteiger partial charge in [-0.2, -0.15) is 0 Å². The average Bonchev–Trinajstić information content (AvgIpc) is 4.11. The van der Waals surface area contributed by atoms with Crippen molar-refractivity contribution in [1.82, 2.24) is 19.9 Å². The van der Waals surface area contributed by atoms with E-state index in [9.17, 15) is 19.2 Å². The molecule has 4 N–H and O–H groups in total. The fourth-order valence-electron chi connectivity index (χ4n) is 7.30. The molecule has 0 aliphatic rings. The van der Waals surface area contributed by atoms with Crippen LogP contribution < -0.4 is 20.7 Å². The summed E-state index contributed by atoms with van der Waals surface area (Å²) in [6.07, 6.45) is 1.95. The Balaban J connectivity index is 0.729. The molecule has 0 aliphatic heterocycles. The van der Waals surface area contributed by atoms with Crippen LogP contribution in [0.25, 0.3) is 21.5 Å². The lowest BCUT2D eigenvalue weighted by Gasteiger charge is -2.28. The Labute approximate surface area is 416 Å². The van der Waals surface area contributed by atoms with E-state index in [1.54, 1.807) is 61.6 Å². The molecule has 8 aromatic rings. The number of halogens is 1. The van der Waals surface area contributed by atoms with Crippen molar-refractivity contribution >= 4 is 90.5 Å². The SMILES string of the molecule is Cc1nc(NC(=O)c2ccccc2)sc1-c1csc(Nc2cc(Cl)ccc2OCCOCCOCC(=O)OCc2ccc(NC(=O)C(c3ccccc3)N(C)C(=O)Cc3c[nH]c4ccccc34)cc2)n1. The monoisotopic (exact) mass is 997 g/mol. The number of aromatic nitrogens is 3. The van der Waals surface area contributed by atoms with Crippen LogP contribution in [0.15, 0.2) is 139 Å². The molecule has 8 rings (SSSR count). The predicted octanol–water partition coefficient (Wildman–Crippen LogP) is 10.2. The molecule has 0 radical (unpaired) electrons.